The minimum Gasteiger partial charge on any atom is -0.479 e. The summed E-state index contributed by atoms with van der Waals surface area (Å²) in [6.45, 7) is 1.75. The molecule has 1 aliphatic heterocycles. The van der Waals surface area contributed by atoms with Gasteiger partial charge in [0.2, 0.25) is 0 Å². The largest absolute Gasteiger partial charge is 0.479 e. The number of hydrogen-bond acceptors (Lipinski definition) is 3. The number of carbonyl (C=O) groups excluding carboxylic acids is 1. The molecule has 11 heavy (non-hydrogen) atoms. The number of aliphatic carboxylic acids is 1. The first-order valence-corrected chi connectivity index (χ1v) is 4.27. The zero-order valence-corrected chi connectivity index (χ0v) is 6.90. The standard InChI is InChI=1S/C6H9NO3S/c1-2-6(4(8)9)3-11-5(10)7-6/h2-3H2,1H3,(H,7,10)(H,8,9). The van der Waals surface area contributed by atoms with Gasteiger partial charge in [0.25, 0.3) is 5.24 Å². The minimum absolute atomic E-state index is 0.241. The Hall–Kier alpha value is -0.710. The van der Waals surface area contributed by atoms with E-state index in [9.17, 15) is 9.59 Å². The molecule has 0 radical (unpaired) electrons. The van der Waals surface area contributed by atoms with Crippen molar-refractivity contribution in [3.8, 4) is 0 Å². The maximum Gasteiger partial charge on any atom is 0.330 e. The van der Waals surface area contributed by atoms with Gasteiger partial charge in [0, 0.05) is 5.75 Å². The van der Waals surface area contributed by atoms with Crippen molar-refractivity contribution in [2.24, 2.45) is 0 Å². The highest BCUT2D eigenvalue weighted by Gasteiger charge is 2.43. The Balaban J connectivity index is 2.78. The lowest BCUT2D eigenvalue weighted by atomic mass is 10.00. The summed E-state index contributed by atoms with van der Waals surface area (Å²) in [5.41, 5.74) is -1.01. The maximum atomic E-state index is 10.7. The van der Waals surface area contributed by atoms with E-state index < -0.39 is 11.5 Å². The molecule has 1 aliphatic rings. The van der Waals surface area contributed by atoms with E-state index in [0.29, 0.717) is 12.2 Å². The van der Waals surface area contributed by atoms with E-state index >= 15 is 0 Å². The molecule has 1 atom stereocenters. The van der Waals surface area contributed by atoms with Crippen LogP contribution in [0.3, 0.4) is 0 Å². The number of carboxylic acids is 1. The van der Waals surface area contributed by atoms with Gasteiger partial charge in [0.1, 0.15) is 5.54 Å². The Morgan fingerprint density at radius 3 is 2.73 bits per heavy atom. The molecule has 0 aromatic heterocycles. The predicted octanol–water partition coefficient (Wildman–Crippen LogP) is 0.676. The molecule has 5 heteroatoms. The summed E-state index contributed by atoms with van der Waals surface area (Å²) >= 11 is 1.03. The second kappa shape index (κ2) is 2.73. The molecule has 1 unspecified atom stereocenters. The molecule has 1 saturated heterocycles. The summed E-state index contributed by atoms with van der Waals surface area (Å²) in [5, 5.41) is 11.0. The summed E-state index contributed by atoms with van der Waals surface area (Å²) < 4.78 is 0. The van der Waals surface area contributed by atoms with E-state index in [2.05, 4.69) is 5.32 Å². The van der Waals surface area contributed by atoms with Crippen molar-refractivity contribution < 1.29 is 14.7 Å². The molecule has 0 aromatic carbocycles. The van der Waals surface area contributed by atoms with Gasteiger partial charge in [0.15, 0.2) is 0 Å². The molecule has 1 rings (SSSR count). The lowest BCUT2D eigenvalue weighted by Gasteiger charge is -2.20. The van der Waals surface area contributed by atoms with Crippen molar-refractivity contribution >= 4 is 23.0 Å². The van der Waals surface area contributed by atoms with Gasteiger partial charge < -0.3 is 10.4 Å². The number of carbonyl (C=O) groups is 2. The zero-order valence-electron chi connectivity index (χ0n) is 6.09. The van der Waals surface area contributed by atoms with Gasteiger partial charge in [-0.05, 0) is 6.42 Å². The summed E-state index contributed by atoms with van der Waals surface area (Å²) in [6.07, 6.45) is 0.432. The van der Waals surface area contributed by atoms with Crippen LogP contribution in [0.25, 0.3) is 0 Å². The highest BCUT2D eigenvalue weighted by atomic mass is 32.2. The molecule has 0 bridgehead atoms. The van der Waals surface area contributed by atoms with E-state index in [1.807, 2.05) is 0 Å². The van der Waals surface area contributed by atoms with E-state index in [1.54, 1.807) is 6.92 Å². The first kappa shape index (κ1) is 8.39. The first-order chi connectivity index (χ1) is 5.10. The highest BCUT2D eigenvalue weighted by molar-refractivity contribution is 8.14. The van der Waals surface area contributed by atoms with Crippen molar-refractivity contribution in [1.82, 2.24) is 5.32 Å². The van der Waals surface area contributed by atoms with Crippen LogP contribution in [-0.4, -0.2) is 27.6 Å². The molecule has 1 heterocycles. The Kier molecular flexibility index (Phi) is 2.08. The molecule has 2 N–H and O–H groups in total. The molecule has 62 valence electrons. The van der Waals surface area contributed by atoms with Crippen molar-refractivity contribution in [2.75, 3.05) is 5.75 Å². The third-order valence-corrected chi connectivity index (χ3v) is 2.81. The fourth-order valence-electron chi connectivity index (χ4n) is 0.913. The monoisotopic (exact) mass is 175 g/mol. The lowest BCUT2D eigenvalue weighted by molar-refractivity contribution is -0.143. The molecule has 1 amide bonds. The van der Waals surface area contributed by atoms with Crippen LogP contribution in [-0.2, 0) is 4.79 Å². The van der Waals surface area contributed by atoms with E-state index in [1.165, 1.54) is 0 Å². The number of amides is 1. The lowest BCUT2D eigenvalue weighted by Crippen LogP contribution is -2.50. The maximum absolute atomic E-state index is 10.7. The molecular formula is C6H9NO3S. The third kappa shape index (κ3) is 1.33. The minimum atomic E-state index is -1.01. The molecule has 0 aromatic rings. The van der Waals surface area contributed by atoms with Gasteiger partial charge in [-0.2, -0.15) is 0 Å². The van der Waals surface area contributed by atoms with Crippen LogP contribution in [0.4, 0.5) is 4.79 Å². The quantitative estimate of drug-likeness (QED) is 0.647. The Bertz CT molecular complexity index is 206. The van der Waals surface area contributed by atoms with Crippen LogP contribution in [0, 0.1) is 0 Å². The molecular weight excluding hydrogens is 166 g/mol. The summed E-state index contributed by atoms with van der Waals surface area (Å²) in [7, 11) is 0. The molecule has 0 saturated carbocycles. The van der Waals surface area contributed by atoms with E-state index in [-0.39, 0.29) is 5.24 Å². The van der Waals surface area contributed by atoms with Gasteiger partial charge in [-0.1, -0.05) is 18.7 Å². The molecule has 0 aliphatic carbocycles. The van der Waals surface area contributed by atoms with Gasteiger partial charge in [-0.3, -0.25) is 4.79 Å². The Morgan fingerprint density at radius 2 is 2.55 bits per heavy atom. The smallest absolute Gasteiger partial charge is 0.330 e. The highest BCUT2D eigenvalue weighted by Crippen LogP contribution is 2.25. The average Bonchev–Trinajstić information content (AvgIpc) is 2.33. The summed E-state index contributed by atoms with van der Waals surface area (Å²) in [4.78, 5) is 21.4. The third-order valence-electron chi connectivity index (χ3n) is 1.80. The number of nitrogens with one attached hydrogen (secondary N) is 1. The number of carboxylic acid groups (broad SMARTS) is 1. The van der Waals surface area contributed by atoms with Crippen molar-refractivity contribution in [3.63, 3.8) is 0 Å². The Morgan fingerprint density at radius 1 is 1.91 bits per heavy atom. The zero-order chi connectivity index (χ0) is 8.48. The van der Waals surface area contributed by atoms with E-state index in [4.69, 9.17) is 5.11 Å². The fraction of sp³-hybridized carbons (Fsp3) is 0.667. The van der Waals surface area contributed by atoms with Crippen molar-refractivity contribution in [3.05, 3.63) is 0 Å². The second-order valence-corrected chi connectivity index (χ2v) is 3.39. The van der Waals surface area contributed by atoms with Gasteiger partial charge in [0.05, 0.1) is 0 Å². The number of rotatable bonds is 2. The molecule has 1 fully saturated rings. The number of thioether (sulfide) groups is 1. The van der Waals surface area contributed by atoms with Gasteiger partial charge in [-0.25, -0.2) is 4.79 Å². The fourth-order valence-corrected chi connectivity index (χ4v) is 1.96. The number of hydrogen-bond donors (Lipinski definition) is 2. The van der Waals surface area contributed by atoms with Crippen LogP contribution >= 0.6 is 11.8 Å². The molecule has 4 nitrogen and oxygen atoms in total. The summed E-state index contributed by atoms with van der Waals surface area (Å²) in [6, 6.07) is 0. The van der Waals surface area contributed by atoms with E-state index in [0.717, 1.165) is 11.8 Å². The average molecular weight is 175 g/mol. The van der Waals surface area contributed by atoms with Crippen LogP contribution in [0.2, 0.25) is 0 Å². The summed E-state index contributed by atoms with van der Waals surface area (Å²) in [5.74, 6) is -0.615. The predicted molar refractivity (Wildman–Crippen MR) is 41.6 cm³/mol. The van der Waals surface area contributed by atoms with Crippen molar-refractivity contribution in [1.29, 1.82) is 0 Å². The van der Waals surface area contributed by atoms with Gasteiger partial charge >= 0.3 is 5.97 Å². The van der Waals surface area contributed by atoms with Crippen LogP contribution < -0.4 is 5.32 Å². The second-order valence-electron chi connectivity index (χ2n) is 2.44. The first-order valence-electron chi connectivity index (χ1n) is 3.29. The van der Waals surface area contributed by atoms with Crippen LogP contribution in [0.1, 0.15) is 13.3 Å². The SMILES string of the molecule is CCC1(C(=O)O)CSC(=O)N1. The van der Waals surface area contributed by atoms with Crippen LogP contribution in [0.5, 0.6) is 0 Å². The molecule has 0 spiro atoms. The Labute approximate surface area is 68.3 Å². The topological polar surface area (TPSA) is 66.4 Å². The van der Waals surface area contributed by atoms with Crippen LogP contribution in [0.15, 0.2) is 0 Å². The normalized spacial score (nSPS) is 30.1. The van der Waals surface area contributed by atoms with Crippen molar-refractivity contribution in [2.45, 2.75) is 18.9 Å². The van der Waals surface area contributed by atoms with Gasteiger partial charge in [-0.15, -0.1) is 0 Å².